The van der Waals surface area contributed by atoms with Gasteiger partial charge >= 0.3 is 6.03 Å². The second kappa shape index (κ2) is 6.74. The number of hydrogen-bond donors (Lipinski definition) is 1. The Hall–Kier alpha value is -2.15. The molecule has 0 bridgehead atoms. The third-order valence-electron chi connectivity index (χ3n) is 3.45. The summed E-state index contributed by atoms with van der Waals surface area (Å²) < 4.78 is 5.88. The van der Waals surface area contributed by atoms with Crippen LogP contribution in [0.2, 0.25) is 0 Å². The van der Waals surface area contributed by atoms with E-state index in [4.69, 9.17) is 4.74 Å². The Morgan fingerprint density at radius 3 is 3.18 bits per heavy atom. The number of nitrogens with one attached hydrogen (secondary N) is 1. The molecule has 3 rings (SSSR count). The third kappa shape index (κ3) is 3.73. The van der Waals surface area contributed by atoms with E-state index in [1.54, 1.807) is 17.2 Å². The lowest BCUT2D eigenvalue weighted by Crippen LogP contribution is -2.46. The van der Waals surface area contributed by atoms with E-state index in [1.807, 2.05) is 24.4 Å². The van der Waals surface area contributed by atoms with Gasteiger partial charge < -0.3 is 9.64 Å². The molecule has 2 amide bonds. The molecule has 1 saturated heterocycles. The number of likely N-dealkylation sites (tertiary alicyclic amines) is 1. The first-order chi connectivity index (χ1) is 10.7. The van der Waals surface area contributed by atoms with Crippen molar-refractivity contribution in [2.24, 2.45) is 0 Å². The summed E-state index contributed by atoms with van der Waals surface area (Å²) in [4.78, 5) is 22.4. The molecule has 116 valence electrons. The summed E-state index contributed by atoms with van der Waals surface area (Å²) in [6.07, 6.45) is 3.50. The van der Waals surface area contributed by atoms with E-state index in [1.165, 1.54) is 11.3 Å². The predicted octanol–water partition coefficient (Wildman–Crippen LogP) is 2.92. The number of aromatic nitrogens is 2. The number of ether oxygens (including phenoxy) is 1. The van der Waals surface area contributed by atoms with E-state index in [0.29, 0.717) is 18.2 Å². The second-order valence-corrected chi connectivity index (χ2v) is 6.13. The zero-order valence-corrected chi connectivity index (χ0v) is 13.2. The first-order valence-corrected chi connectivity index (χ1v) is 8.14. The zero-order chi connectivity index (χ0) is 15.4. The van der Waals surface area contributed by atoms with Crippen molar-refractivity contribution < 1.29 is 9.53 Å². The highest BCUT2D eigenvalue weighted by atomic mass is 32.1. The fourth-order valence-corrected chi connectivity index (χ4v) is 3.03. The quantitative estimate of drug-likeness (QED) is 0.945. The first kappa shape index (κ1) is 14.8. The molecule has 0 spiro atoms. The van der Waals surface area contributed by atoms with Crippen LogP contribution in [0.5, 0.6) is 5.88 Å². The van der Waals surface area contributed by atoms with E-state index in [0.717, 1.165) is 24.4 Å². The van der Waals surface area contributed by atoms with Gasteiger partial charge in [-0.15, -0.1) is 11.3 Å². The molecule has 0 radical (unpaired) electrons. The molecule has 0 aliphatic carbocycles. The van der Waals surface area contributed by atoms with Gasteiger partial charge in [0.1, 0.15) is 11.9 Å². The lowest BCUT2D eigenvalue weighted by atomic mass is 10.1. The van der Waals surface area contributed by atoms with Gasteiger partial charge in [-0.05, 0) is 37.3 Å². The number of rotatable bonds is 3. The van der Waals surface area contributed by atoms with E-state index in [-0.39, 0.29) is 12.1 Å². The summed E-state index contributed by atoms with van der Waals surface area (Å²) in [5.41, 5.74) is 0. The topological polar surface area (TPSA) is 67.3 Å². The van der Waals surface area contributed by atoms with Gasteiger partial charge in [0.05, 0.1) is 11.5 Å². The van der Waals surface area contributed by atoms with Crippen molar-refractivity contribution in [3.05, 3.63) is 35.6 Å². The highest BCUT2D eigenvalue weighted by Gasteiger charge is 2.25. The molecule has 22 heavy (non-hydrogen) atoms. The summed E-state index contributed by atoms with van der Waals surface area (Å²) in [6.45, 7) is 3.15. The van der Waals surface area contributed by atoms with Crippen LogP contribution in [0.25, 0.3) is 0 Å². The largest absolute Gasteiger partial charge is 0.472 e. The average Bonchev–Trinajstić information content (AvgIpc) is 3.00. The van der Waals surface area contributed by atoms with Crippen LogP contribution in [0.4, 0.5) is 9.80 Å². The summed E-state index contributed by atoms with van der Waals surface area (Å²) in [6, 6.07) is 5.48. The standard InChI is InChI=1S/C15H18N4O2S/c1-11-16-7-6-13(17-11)21-12-4-2-8-19(10-12)15(20)18-14-5-3-9-22-14/h3,5-7,9,12H,2,4,8,10H2,1H3,(H,18,20). The van der Waals surface area contributed by atoms with Crippen LogP contribution in [0.15, 0.2) is 29.8 Å². The summed E-state index contributed by atoms with van der Waals surface area (Å²) >= 11 is 1.51. The number of nitrogens with zero attached hydrogens (tertiary/aromatic N) is 3. The second-order valence-electron chi connectivity index (χ2n) is 5.18. The highest BCUT2D eigenvalue weighted by molar-refractivity contribution is 7.14. The van der Waals surface area contributed by atoms with Crippen LogP contribution in [-0.2, 0) is 0 Å². The first-order valence-electron chi connectivity index (χ1n) is 7.26. The van der Waals surface area contributed by atoms with Gasteiger partial charge in [-0.3, -0.25) is 5.32 Å². The minimum atomic E-state index is -0.0744. The lowest BCUT2D eigenvalue weighted by Gasteiger charge is -2.32. The van der Waals surface area contributed by atoms with Crippen molar-refractivity contribution in [2.75, 3.05) is 18.4 Å². The molecule has 1 aliphatic heterocycles. The van der Waals surface area contributed by atoms with E-state index in [9.17, 15) is 4.79 Å². The molecule has 1 unspecified atom stereocenters. The number of urea groups is 1. The number of aryl methyl sites for hydroxylation is 1. The van der Waals surface area contributed by atoms with Gasteiger partial charge in [-0.25, -0.2) is 9.78 Å². The number of anilines is 1. The Morgan fingerprint density at radius 2 is 2.41 bits per heavy atom. The summed E-state index contributed by atoms with van der Waals surface area (Å²) in [5, 5.41) is 5.71. The minimum Gasteiger partial charge on any atom is -0.472 e. The fourth-order valence-electron chi connectivity index (χ4n) is 2.42. The van der Waals surface area contributed by atoms with Crippen molar-refractivity contribution in [1.29, 1.82) is 0 Å². The van der Waals surface area contributed by atoms with Gasteiger partial charge in [-0.2, -0.15) is 4.98 Å². The molecule has 7 heteroatoms. The van der Waals surface area contributed by atoms with Crippen molar-refractivity contribution in [3.63, 3.8) is 0 Å². The Kier molecular flexibility index (Phi) is 4.53. The molecular weight excluding hydrogens is 300 g/mol. The van der Waals surface area contributed by atoms with Gasteiger partial charge in [0, 0.05) is 18.8 Å². The van der Waals surface area contributed by atoms with Crippen LogP contribution >= 0.6 is 11.3 Å². The molecule has 0 saturated carbocycles. The Bertz CT molecular complexity index is 632. The van der Waals surface area contributed by atoms with Crippen LogP contribution in [-0.4, -0.2) is 40.1 Å². The van der Waals surface area contributed by atoms with Crippen LogP contribution < -0.4 is 10.1 Å². The monoisotopic (exact) mass is 318 g/mol. The molecule has 0 aromatic carbocycles. The molecule has 2 aromatic rings. The Morgan fingerprint density at radius 1 is 1.50 bits per heavy atom. The average molecular weight is 318 g/mol. The van der Waals surface area contributed by atoms with E-state index >= 15 is 0 Å². The van der Waals surface area contributed by atoms with Crippen molar-refractivity contribution in [1.82, 2.24) is 14.9 Å². The molecule has 3 heterocycles. The molecular formula is C15H18N4O2S. The normalized spacial score (nSPS) is 18.0. The molecule has 1 atom stereocenters. The number of carbonyl (C=O) groups is 1. The minimum absolute atomic E-state index is 0.0304. The smallest absolute Gasteiger partial charge is 0.322 e. The number of thiophene rings is 1. The summed E-state index contributed by atoms with van der Waals surface area (Å²) in [7, 11) is 0. The van der Waals surface area contributed by atoms with Crippen LogP contribution in [0.3, 0.4) is 0 Å². The fraction of sp³-hybridized carbons (Fsp3) is 0.400. The number of amides is 2. The van der Waals surface area contributed by atoms with Gasteiger partial charge in [0.2, 0.25) is 5.88 Å². The molecule has 1 fully saturated rings. The molecule has 1 N–H and O–H groups in total. The third-order valence-corrected chi connectivity index (χ3v) is 4.24. The SMILES string of the molecule is Cc1nccc(OC2CCCN(C(=O)Nc3cccs3)C2)n1. The number of carbonyl (C=O) groups excluding carboxylic acids is 1. The number of piperidine rings is 1. The van der Waals surface area contributed by atoms with Crippen LogP contribution in [0, 0.1) is 6.92 Å². The maximum atomic E-state index is 12.3. The van der Waals surface area contributed by atoms with Crippen molar-refractivity contribution in [3.8, 4) is 5.88 Å². The Balaban J connectivity index is 1.58. The maximum Gasteiger partial charge on any atom is 0.322 e. The molecule has 1 aliphatic rings. The van der Waals surface area contributed by atoms with Crippen LogP contribution in [0.1, 0.15) is 18.7 Å². The molecule has 2 aromatic heterocycles. The highest BCUT2D eigenvalue weighted by Crippen LogP contribution is 2.19. The maximum absolute atomic E-state index is 12.3. The van der Waals surface area contributed by atoms with Gasteiger partial charge in [0.25, 0.3) is 0 Å². The molecule has 6 nitrogen and oxygen atoms in total. The Labute approximate surface area is 133 Å². The zero-order valence-electron chi connectivity index (χ0n) is 12.4. The van der Waals surface area contributed by atoms with Gasteiger partial charge in [-0.1, -0.05) is 0 Å². The van der Waals surface area contributed by atoms with Crippen molar-refractivity contribution in [2.45, 2.75) is 25.9 Å². The summed E-state index contributed by atoms with van der Waals surface area (Å²) in [5.74, 6) is 1.25. The lowest BCUT2D eigenvalue weighted by molar-refractivity contribution is 0.102. The predicted molar refractivity (Wildman–Crippen MR) is 85.3 cm³/mol. The van der Waals surface area contributed by atoms with E-state index in [2.05, 4.69) is 15.3 Å². The van der Waals surface area contributed by atoms with Crippen molar-refractivity contribution >= 4 is 22.4 Å². The van der Waals surface area contributed by atoms with E-state index < -0.39 is 0 Å². The number of hydrogen-bond acceptors (Lipinski definition) is 5. The van der Waals surface area contributed by atoms with Gasteiger partial charge in [0.15, 0.2) is 0 Å².